The molecule has 1 saturated carbocycles. The van der Waals surface area contributed by atoms with Crippen LogP contribution < -0.4 is 5.32 Å². The maximum atomic E-state index is 13.0. The highest BCUT2D eigenvalue weighted by molar-refractivity contribution is 5.88. The summed E-state index contributed by atoms with van der Waals surface area (Å²) in [5.74, 6) is 1.08. The first kappa shape index (κ1) is 18.0. The van der Waals surface area contributed by atoms with Crippen molar-refractivity contribution in [2.75, 3.05) is 13.2 Å². The fraction of sp³-hybridized carbons (Fsp3) is 0.650. The van der Waals surface area contributed by atoms with Crippen LogP contribution in [0.5, 0.6) is 0 Å². The number of aliphatic hydroxyl groups excluding tert-OH is 1. The molecule has 0 aromatic heterocycles. The molecule has 0 saturated heterocycles. The Labute approximate surface area is 140 Å². The lowest BCUT2D eigenvalue weighted by Gasteiger charge is -2.33. The van der Waals surface area contributed by atoms with Gasteiger partial charge in [0.1, 0.15) is 0 Å². The van der Waals surface area contributed by atoms with Crippen molar-refractivity contribution >= 4 is 5.91 Å². The maximum Gasteiger partial charge on any atom is 0.230 e. The van der Waals surface area contributed by atoms with Crippen molar-refractivity contribution in [3.63, 3.8) is 0 Å². The number of hydrogen-bond acceptors (Lipinski definition) is 2. The zero-order valence-electron chi connectivity index (χ0n) is 14.6. The SMILES string of the molecule is CCC(CC)(C(=O)NC[C@H]1CCC[C@@H](CO)C1)c1ccccc1. The summed E-state index contributed by atoms with van der Waals surface area (Å²) in [5.41, 5.74) is 0.686. The lowest BCUT2D eigenvalue weighted by Crippen LogP contribution is -2.45. The predicted molar refractivity (Wildman–Crippen MR) is 94.2 cm³/mol. The van der Waals surface area contributed by atoms with E-state index in [4.69, 9.17) is 0 Å². The summed E-state index contributed by atoms with van der Waals surface area (Å²) in [6.07, 6.45) is 6.10. The number of aliphatic hydroxyl groups is 1. The molecule has 128 valence electrons. The van der Waals surface area contributed by atoms with E-state index in [0.717, 1.165) is 50.6 Å². The molecule has 3 nitrogen and oxygen atoms in total. The highest BCUT2D eigenvalue weighted by Crippen LogP contribution is 2.33. The second-order valence-corrected chi connectivity index (χ2v) is 6.95. The van der Waals surface area contributed by atoms with Crippen LogP contribution in [0.25, 0.3) is 0 Å². The molecule has 3 heteroatoms. The third-order valence-electron chi connectivity index (χ3n) is 5.67. The van der Waals surface area contributed by atoms with Crippen LogP contribution in [0.1, 0.15) is 57.9 Å². The van der Waals surface area contributed by atoms with Crippen LogP contribution in [-0.2, 0) is 10.2 Å². The first-order chi connectivity index (χ1) is 11.2. The summed E-state index contributed by atoms with van der Waals surface area (Å²) in [6.45, 7) is 5.21. The van der Waals surface area contributed by atoms with E-state index in [2.05, 4.69) is 31.3 Å². The van der Waals surface area contributed by atoms with Gasteiger partial charge < -0.3 is 10.4 Å². The van der Waals surface area contributed by atoms with Crippen LogP contribution in [0, 0.1) is 11.8 Å². The summed E-state index contributed by atoms with van der Waals surface area (Å²) in [7, 11) is 0. The summed E-state index contributed by atoms with van der Waals surface area (Å²) in [4.78, 5) is 13.0. The topological polar surface area (TPSA) is 49.3 Å². The van der Waals surface area contributed by atoms with Crippen LogP contribution in [0.4, 0.5) is 0 Å². The van der Waals surface area contributed by atoms with E-state index in [1.807, 2.05) is 18.2 Å². The Morgan fingerprint density at radius 1 is 1.17 bits per heavy atom. The minimum atomic E-state index is -0.424. The molecule has 0 bridgehead atoms. The third kappa shape index (κ3) is 4.14. The molecule has 1 aromatic rings. The van der Waals surface area contributed by atoms with Gasteiger partial charge in [0.05, 0.1) is 5.41 Å². The molecule has 1 aliphatic rings. The summed E-state index contributed by atoms with van der Waals surface area (Å²) in [6, 6.07) is 10.1. The average Bonchev–Trinajstić information content (AvgIpc) is 2.62. The molecule has 0 aliphatic heterocycles. The molecular formula is C20H31NO2. The van der Waals surface area contributed by atoms with Gasteiger partial charge in [0.2, 0.25) is 5.91 Å². The molecule has 0 heterocycles. The fourth-order valence-corrected chi connectivity index (χ4v) is 4.03. The lowest BCUT2D eigenvalue weighted by molar-refractivity contribution is -0.127. The Balaban J connectivity index is 2.02. The summed E-state index contributed by atoms with van der Waals surface area (Å²) < 4.78 is 0. The van der Waals surface area contributed by atoms with Gasteiger partial charge in [-0.2, -0.15) is 0 Å². The minimum Gasteiger partial charge on any atom is -0.396 e. The van der Waals surface area contributed by atoms with Crippen molar-refractivity contribution in [2.45, 2.75) is 57.8 Å². The Morgan fingerprint density at radius 2 is 1.83 bits per heavy atom. The van der Waals surface area contributed by atoms with Crippen molar-refractivity contribution in [3.05, 3.63) is 35.9 Å². The molecule has 23 heavy (non-hydrogen) atoms. The summed E-state index contributed by atoms with van der Waals surface area (Å²) >= 11 is 0. The van der Waals surface area contributed by atoms with Crippen LogP contribution in [0.3, 0.4) is 0 Å². The monoisotopic (exact) mass is 317 g/mol. The fourth-order valence-electron chi connectivity index (χ4n) is 4.03. The molecular weight excluding hydrogens is 286 g/mol. The predicted octanol–water partition coefficient (Wildman–Crippen LogP) is 3.66. The van der Waals surface area contributed by atoms with Crippen molar-refractivity contribution in [2.24, 2.45) is 11.8 Å². The highest BCUT2D eigenvalue weighted by atomic mass is 16.3. The zero-order chi connectivity index (χ0) is 16.7. The molecule has 1 aliphatic carbocycles. The first-order valence-electron chi connectivity index (χ1n) is 9.11. The Hall–Kier alpha value is -1.35. The van der Waals surface area contributed by atoms with Gasteiger partial charge in [0.15, 0.2) is 0 Å². The van der Waals surface area contributed by atoms with Crippen LogP contribution in [0.2, 0.25) is 0 Å². The van der Waals surface area contributed by atoms with E-state index in [1.54, 1.807) is 0 Å². The molecule has 0 spiro atoms. The third-order valence-corrected chi connectivity index (χ3v) is 5.67. The number of benzene rings is 1. The normalized spacial score (nSPS) is 21.9. The quantitative estimate of drug-likeness (QED) is 0.806. The van der Waals surface area contributed by atoms with Gasteiger partial charge >= 0.3 is 0 Å². The second-order valence-electron chi connectivity index (χ2n) is 6.95. The van der Waals surface area contributed by atoms with Crippen LogP contribution in [0.15, 0.2) is 30.3 Å². The van der Waals surface area contributed by atoms with Gasteiger partial charge in [-0.25, -0.2) is 0 Å². The van der Waals surface area contributed by atoms with E-state index >= 15 is 0 Å². The van der Waals surface area contributed by atoms with Crippen molar-refractivity contribution < 1.29 is 9.90 Å². The Bertz CT molecular complexity index is 482. The number of amides is 1. The van der Waals surface area contributed by atoms with Gasteiger partial charge in [-0.3, -0.25) is 4.79 Å². The lowest BCUT2D eigenvalue weighted by atomic mass is 9.74. The van der Waals surface area contributed by atoms with E-state index < -0.39 is 5.41 Å². The maximum absolute atomic E-state index is 13.0. The zero-order valence-corrected chi connectivity index (χ0v) is 14.6. The van der Waals surface area contributed by atoms with Gasteiger partial charge in [0.25, 0.3) is 0 Å². The summed E-state index contributed by atoms with van der Waals surface area (Å²) in [5, 5.41) is 12.6. The molecule has 2 atom stereocenters. The van der Waals surface area contributed by atoms with Crippen molar-refractivity contribution in [1.82, 2.24) is 5.32 Å². The number of carbonyl (C=O) groups is 1. The number of hydrogen-bond donors (Lipinski definition) is 2. The van der Waals surface area contributed by atoms with Gasteiger partial charge in [0, 0.05) is 13.2 Å². The molecule has 2 N–H and O–H groups in total. The van der Waals surface area contributed by atoms with Gasteiger partial charge in [-0.15, -0.1) is 0 Å². The highest BCUT2D eigenvalue weighted by Gasteiger charge is 2.36. The minimum absolute atomic E-state index is 0.153. The van der Waals surface area contributed by atoms with E-state index in [9.17, 15) is 9.90 Å². The average molecular weight is 317 g/mol. The molecule has 1 aromatic carbocycles. The second kappa shape index (κ2) is 8.49. The van der Waals surface area contributed by atoms with E-state index in [-0.39, 0.29) is 12.5 Å². The number of nitrogens with one attached hydrogen (secondary N) is 1. The largest absolute Gasteiger partial charge is 0.396 e. The Morgan fingerprint density at radius 3 is 2.43 bits per heavy atom. The van der Waals surface area contributed by atoms with Gasteiger partial charge in [-0.05, 0) is 49.5 Å². The smallest absolute Gasteiger partial charge is 0.230 e. The van der Waals surface area contributed by atoms with Gasteiger partial charge in [-0.1, -0.05) is 50.6 Å². The number of carbonyl (C=O) groups excluding carboxylic acids is 1. The molecule has 1 fully saturated rings. The van der Waals surface area contributed by atoms with Crippen molar-refractivity contribution in [3.8, 4) is 0 Å². The molecule has 1 amide bonds. The standard InChI is InChI=1S/C20H31NO2/c1-3-20(4-2,18-11-6-5-7-12-18)19(23)21-14-16-9-8-10-17(13-16)15-22/h5-7,11-12,16-17,22H,3-4,8-10,13-15H2,1-2H3,(H,21,23)/t16-,17+/m0/s1. The number of rotatable bonds is 7. The molecule has 2 rings (SSSR count). The molecule has 0 radical (unpaired) electrons. The van der Waals surface area contributed by atoms with Crippen molar-refractivity contribution in [1.29, 1.82) is 0 Å². The van der Waals surface area contributed by atoms with E-state index in [1.165, 1.54) is 0 Å². The molecule has 0 unspecified atom stereocenters. The van der Waals surface area contributed by atoms with E-state index in [0.29, 0.717) is 11.8 Å². The van der Waals surface area contributed by atoms with Crippen LogP contribution >= 0.6 is 0 Å². The van der Waals surface area contributed by atoms with Crippen LogP contribution in [-0.4, -0.2) is 24.2 Å². The first-order valence-corrected chi connectivity index (χ1v) is 9.11. The Kier molecular flexibility index (Phi) is 6.64.